The minimum absolute atomic E-state index is 0.230. The summed E-state index contributed by atoms with van der Waals surface area (Å²) < 4.78 is 29.8. The van der Waals surface area contributed by atoms with Gasteiger partial charge in [0.1, 0.15) is 5.82 Å². The lowest BCUT2D eigenvalue weighted by Gasteiger charge is -2.14. The number of aromatic nitrogens is 1. The highest BCUT2D eigenvalue weighted by molar-refractivity contribution is 5.79. The lowest BCUT2D eigenvalue weighted by molar-refractivity contribution is 0.324. The molecule has 7 nitrogen and oxygen atoms in total. The molecule has 1 aromatic heterocycles. The molecular formula is C19H25FN4O3. The van der Waals surface area contributed by atoms with Gasteiger partial charge in [0.25, 0.3) is 0 Å². The molecule has 0 radical (unpaired) electrons. The minimum Gasteiger partial charge on any atom is -0.493 e. The van der Waals surface area contributed by atoms with Crippen LogP contribution in [0.25, 0.3) is 0 Å². The zero-order chi connectivity index (χ0) is 19.6. The number of guanidine groups is 1. The molecule has 0 aliphatic rings. The second-order valence-corrected chi connectivity index (χ2v) is 5.51. The number of rotatable bonds is 8. The highest BCUT2D eigenvalue weighted by Crippen LogP contribution is 2.38. The maximum Gasteiger partial charge on any atom is 0.203 e. The van der Waals surface area contributed by atoms with Crippen LogP contribution < -0.4 is 24.8 Å². The average molecular weight is 376 g/mol. The smallest absolute Gasteiger partial charge is 0.203 e. The van der Waals surface area contributed by atoms with Gasteiger partial charge in [0.2, 0.25) is 5.75 Å². The molecule has 0 amide bonds. The number of nitrogens with one attached hydrogen (secondary N) is 2. The summed E-state index contributed by atoms with van der Waals surface area (Å²) in [5.41, 5.74) is 1.21. The molecule has 0 unspecified atom stereocenters. The molecule has 0 spiro atoms. The molecule has 2 N–H and O–H groups in total. The molecule has 8 heteroatoms. The fraction of sp³-hybridized carbons (Fsp3) is 0.368. The number of aliphatic imine (C=N–C) groups is 1. The fourth-order valence-corrected chi connectivity index (χ4v) is 2.45. The van der Waals surface area contributed by atoms with Crippen molar-refractivity contribution in [1.82, 2.24) is 15.6 Å². The van der Waals surface area contributed by atoms with Crippen molar-refractivity contribution < 1.29 is 18.6 Å². The maximum atomic E-state index is 13.7. The fourth-order valence-electron chi connectivity index (χ4n) is 2.45. The summed E-state index contributed by atoms with van der Waals surface area (Å²) in [6.07, 6.45) is 1.56. The Morgan fingerprint density at radius 3 is 2.37 bits per heavy atom. The van der Waals surface area contributed by atoms with E-state index in [1.54, 1.807) is 33.6 Å². The van der Waals surface area contributed by atoms with Crippen molar-refractivity contribution in [2.24, 2.45) is 4.99 Å². The summed E-state index contributed by atoms with van der Waals surface area (Å²) in [6, 6.07) is 6.62. The van der Waals surface area contributed by atoms with E-state index in [1.165, 1.54) is 6.07 Å². The van der Waals surface area contributed by atoms with Crippen LogP contribution in [0.5, 0.6) is 17.2 Å². The first-order valence-corrected chi connectivity index (χ1v) is 8.53. The van der Waals surface area contributed by atoms with Gasteiger partial charge in [-0.1, -0.05) is 0 Å². The number of pyridine rings is 1. The van der Waals surface area contributed by atoms with Crippen LogP contribution in [0.15, 0.2) is 35.5 Å². The lowest BCUT2D eigenvalue weighted by Crippen LogP contribution is -2.37. The van der Waals surface area contributed by atoms with Crippen LogP contribution in [0.2, 0.25) is 0 Å². The van der Waals surface area contributed by atoms with Gasteiger partial charge in [0, 0.05) is 12.7 Å². The van der Waals surface area contributed by atoms with Crippen LogP contribution in [0, 0.1) is 5.82 Å². The molecule has 2 aromatic rings. The zero-order valence-corrected chi connectivity index (χ0v) is 16.0. The molecule has 0 aliphatic carbocycles. The number of methoxy groups -OCH3 is 3. The topological polar surface area (TPSA) is 77.0 Å². The highest BCUT2D eigenvalue weighted by Gasteiger charge is 2.13. The third-order valence-corrected chi connectivity index (χ3v) is 3.75. The first-order valence-electron chi connectivity index (χ1n) is 8.53. The predicted molar refractivity (Wildman–Crippen MR) is 102 cm³/mol. The molecule has 1 aromatic carbocycles. The summed E-state index contributed by atoms with van der Waals surface area (Å²) in [5, 5.41) is 6.20. The second-order valence-electron chi connectivity index (χ2n) is 5.51. The van der Waals surface area contributed by atoms with Crippen molar-refractivity contribution in [2.45, 2.75) is 20.0 Å². The van der Waals surface area contributed by atoms with Crippen LogP contribution >= 0.6 is 0 Å². The van der Waals surface area contributed by atoms with Crippen LogP contribution in [-0.2, 0) is 13.1 Å². The third kappa shape index (κ3) is 5.47. The van der Waals surface area contributed by atoms with Gasteiger partial charge >= 0.3 is 0 Å². The first-order chi connectivity index (χ1) is 13.1. The lowest BCUT2D eigenvalue weighted by atomic mass is 10.2. The summed E-state index contributed by atoms with van der Waals surface area (Å²) in [7, 11) is 4.69. The molecule has 0 saturated carbocycles. The van der Waals surface area contributed by atoms with Crippen LogP contribution in [0.4, 0.5) is 4.39 Å². The third-order valence-electron chi connectivity index (χ3n) is 3.75. The predicted octanol–water partition coefficient (Wildman–Crippen LogP) is 2.50. The summed E-state index contributed by atoms with van der Waals surface area (Å²) in [5.74, 6) is 1.86. The molecule has 0 saturated heterocycles. The van der Waals surface area contributed by atoms with Gasteiger partial charge < -0.3 is 24.8 Å². The van der Waals surface area contributed by atoms with E-state index in [0.29, 0.717) is 42.0 Å². The molecule has 2 rings (SSSR count). The van der Waals surface area contributed by atoms with Crippen molar-refractivity contribution >= 4 is 5.96 Å². The summed E-state index contributed by atoms with van der Waals surface area (Å²) >= 11 is 0. The molecule has 146 valence electrons. The average Bonchev–Trinajstić information content (AvgIpc) is 2.70. The van der Waals surface area contributed by atoms with E-state index in [9.17, 15) is 4.39 Å². The van der Waals surface area contributed by atoms with E-state index >= 15 is 0 Å². The van der Waals surface area contributed by atoms with Crippen molar-refractivity contribution in [3.8, 4) is 17.2 Å². The monoisotopic (exact) mass is 376 g/mol. The highest BCUT2D eigenvalue weighted by atomic mass is 19.1. The van der Waals surface area contributed by atoms with E-state index in [-0.39, 0.29) is 12.4 Å². The standard InChI is InChI=1S/C19H25FN4O3/c1-5-21-19(24-12-15-14(20)7-6-8-22-15)23-11-13-9-16(25-2)18(27-4)17(10-13)26-3/h6-10H,5,11-12H2,1-4H3,(H2,21,23,24). The Labute approximate surface area is 158 Å². The van der Waals surface area contributed by atoms with Crippen LogP contribution in [0.1, 0.15) is 18.2 Å². The van der Waals surface area contributed by atoms with Gasteiger partial charge in [0.15, 0.2) is 17.5 Å². The summed E-state index contributed by atoms with van der Waals surface area (Å²) in [6.45, 7) is 3.23. The minimum atomic E-state index is -0.356. The molecule has 27 heavy (non-hydrogen) atoms. The van der Waals surface area contributed by atoms with Gasteiger partial charge in [-0.15, -0.1) is 0 Å². The molecule has 0 bridgehead atoms. The van der Waals surface area contributed by atoms with Crippen molar-refractivity contribution in [1.29, 1.82) is 0 Å². The quantitative estimate of drug-likeness (QED) is 0.545. The zero-order valence-electron chi connectivity index (χ0n) is 16.0. The molecule has 0 aliphatic heterocycles. The normalized spacial score (nSPS) is 11.1. The molecule has 0 atom stereocenters. The molecular weight excluding hydrogens is 351 g/mol. The van der Waals surface area contributed by atoms with E-state index in [0.717, 1.165) is 5.56 Å². The molecule has 0 fully saturated rings. The Morgan fingerprint density at radius 1 is 1.11 bits per heavy atom. The Morgan fingerprint density at radius 2 is 1.81 bits per heavy atom. The van der Waals surface area contributed by atoms with Crippen LogP contribution in [-0.4, -0.2) is 38.8 Å². The van der Waals surface area contributed by atoms with E-state index in [4.69, 9.17) is 14.2 Å². The first kappa shape index (κ1) is 20.3. The molecule has 1 heterocycles. The van der Waals surface area contributed by atoms with Crippen LogP contribution in [0.3, 0.4) is 0 Å². The van der Waals surface area contributed by atoms with Crippen molar-refractivity contribution in [3.63, 3.8) is 0 Å². The van der Waals surface area contributed by atoms with Gasteiger partial charge in [0.05, 0.1) is 40.1 Å². The number of halogens is 1. The van der Waals surface area contributed by atoms with Gasteiger partial charge in [-0.25, -0.2) is 9.38 Å². The maximum absolute atomic E-state index is 13.7. The summed E-state index contributed by atoms with van der Waals surface area (Å²) in [4.78, 5) is 8.55. The number of nitrogens with zero attached hydrogens (tertiary/aromatic N) is 2. The Bertz CT molecular complexity index is 758. The van der Waals surface area contributed by atoms with Crippen molar-refractivity contribution in [3.05, 3.63) is 47.5 Å². The number of ether oxygens (including phenoxy) is 3. The Kier molecular flexibility index (Phi) is 7.66. The van der Waals surface area contributed by atoms with Crippen molar-refractivity contribution in [2.75, 3.05) is 27.9 Å². The van der Waals surface area contributed by atoms with E-state index in [1.807, 2.05) is 19.1 Å². The second kappa shape index (κ2) is 10.2. The Hall–Kier alpha value is -3.03. The van der Waals surface area contributed by atoms with Gasteiger partial charge in [-0.2, -0.15) is 0 Å². The van der Waals surface area contributed by atoms with E-state index in [2.05, 4.69) is 20.6 Å². The number of hydrogen-bond acceptors (Lipinski definition) is 5. The van der Waals surface area contributed by atoms with E-state index < -0.39 is 0 Å². The Balaban J connectivity index is 2.15. The van der Waals surface area contributed by atoms with Gasteiger partial charge in [-0.05, 0) is 36.8 Å². The number of benzene rings is 1. The largest absolute Gasteiger partial charge is 0.493 e. The van der Waals surface area contributed by atoms with Gasteiger partial charge in [-0.3, -0.25) is 4.98 Å². The SMILES string of the molecule is CCNC(=NCc1cc(OC)c(OC)c(OC)c1)NCc1ncccc1F. The number of hydrogen-bond donors (Lipinski definition) is 2.